The summed E-state index contributed by atoms with van der Waals surface area (Å²) in [4.78, 5) is 18.3. The molecule has 5 rings (SSSR count). The number of amides is 1. The van der Waals surface area contributed by atoms with Gasteiger partial charge in [0.2, 0.25) is 5.91 Å². The predicted octanol–water partition coefficient (Wildman–Crippen LogP) is 3.87. The summed E-state index contributed by atoms with van der Waals surface area (Å²) in [5.74, 6) is 0.211. The Bertz CT molecular complexity index is 1130. The first-order valence-electron chi connectivity index (χ1n) is 9.73. The number of hydrogen-bond donors (Lipinski definition) is 1. The number of aromatic amines is 1. The second-order valence-electron chi connectivity index (χ2n) is 7.32. The van der Waals surface area contributed by atoms with Gasteiger partial charge in [0.05, 0.1) is 11.9 Å². The molecule has 2 aromatic carbocycles. The lowest BCUT2D eigenvalue weighted by atomic mass is 10.0. The van der Waals surface area contributed by atoms with Gasteiger partial charge in [0.15, 0.2) is 0 Å². The number of aromatic nitrogens is 3. The lowest BCUT2D eigenvalue weighted by Gasteiger charge is -2.27. The molecule has 5 heteroatoms. The topological polar surface area (TPSA) is 53.9 Å². The minimum absolute atomic E-state index is 0.211. The zero-order valence-electron chi connectivity index (χ0n) is 15.6. The van der Waals surface area contributed by atoms with E-state index in [0.717, 1.165) is 29.7 Å². The molecule has 1 amide bonds. The van der Waals surface area contributed by atoms with Gasteiger partial charge in [-0.2, -0.15) is 5.10 Å². The lowest BCUT2D eigenvalue weighted by molar-refractivity contribution is -0.132. The van der Waals surface area contributed by atoms with E-state index in [2.05, 4.69) is 28.3 Å². The number of carbonyl (C=O) groups is 1. The van der Waals surface area contributed by atoms with Gasteiger partial charge in [0.25, 0.3) is 0 Å². The molecule has 0 spiro atoms. The van der Waals surface area contributed by atoms with Crippen molar-refractivity contribution in [2.75, 3.05) is 6.54 Å². The van der Waals surface area contributed by atoms with E-state index in [1.165, 1.54) is 16.6 Å². The summed E-state index contributed by atoms with van der Waals surface area (Å²) in [5.41, 5.74) is 5.82. The average Bonchev–Trinajstić information content (AvgIpc) is 3.37. The van der Waals surface area contributed by atoms with E-state index in [0.29, 0.717) is 19.4 Å². The Kier molecular flexibility index (Phi) is 4.20. The molecule has 28 heavy (non-hydrogen) atoms. The van der Waals surface area contributed by atoms with E-state index in [-0.39, 0.29) is 5.91 Å². The van der Waals surface area contributed by atoms with Gasteiger partial charge in [-0.25, -0.2) is 4.68 Å². The van der Waals surface area contributed by atoms with E-state index in [1.807, 2.05) is 58.4 Å². The van der Waals surface area contributed by atoms with Crippen LogP contribution in [0.1, 0.15) is 23.2 Å². The molecule has 4 aromatic rings. The number of para-hydroxylation sites is 2. The fraction of sp³-hybridized carbons (Fsp3) is 0.217. The monoisotopic (exact) mass is 370 g/mol. The molecular weight excluding hydrogens is 348 g/mol. The summed E-state index contributed by atoms with van der Waals surface area (Å²) < 4.78 is 1.86. The maximum atomic E-state index is 12.8. The van der Waals surface area contributed by atoms with E-state index >= 15 is 0 Å². The van der Waals surface area contributed by atoms with Gasteiger partial charge >= 0.3 is 0 Å². The van der Waals surface area contributed by atoms with E-state index in [4.69, 9.17) is 0 Å². The maximum Gasteiger partial charge on any atom is 0.223 e. The van der Waals surface area contributed by atoms with Crippen molar-refractivity contribution in [3.63, 3.8) is 0 Å². The summed E-state index contributed by atoms with van der Waals surface area (Å²) in [6.07, 6.45) is 5.98. The van der Waals surface area contributed by atoms with Crippen LogP contribution in [0.5, 0.6) is 0 Å². The average molecular weight is 370 g/mol. The fourth-order valence-corrected chi connectivity index (χ4v) is 4.00. The lowest BCUT2D eigenvalue weighted by Crippen LogP contribution is -2.35. The molecule has 1 aliphatic rings. The van der Waals surface area contributed by atoms with Gasteiger partial charge in [-0.05, 0) is 30.2 Å². The first-order valence-corrected chi connectivity index (χ1v) is 9.73. The summed E-state index contributed by atoms with van der Waals surface area (Å²) in [7, 11) is 0. The molecule has 1 N–H and O–H groups in total. The Balaban J connectivity index is 1.25. The number of nitrogens with one attached hydrogen (secondary N) is 1. The third-order valence-electron chi connectivity index (χ3n) is 5.52. The van der Waals surface area contributed by atoms with Gasteiger partial charge in [-0.3, -0.25) is 4.79 Å². The summed E-state index contributed by atoms with van der Waals surface area (Å²) in [5, 5.41) is 5.66. The second kappa shape index (κ2) is 7.00. The zero-order valence-corrected chi connectivity index (χ0v) is 15.6. The normalized spacial score (nSPS) is 13.6. The van der Waals surface area contributed by atoms with Crippen molar-refractivity contribution in [1.82, 2.24) is 19.7 Å². The highest BCUT2D eigenvalue weighted by atomic mass is 16.2. The molecule has 0 bridgehead atoms. The summed E-state index contributed by atoms with van der Waals surface area (Å²) in [6.45, 7) is 1.48. The highest BCUT2D eigenvalue weighted by Crippen LogP contribution is 2.27. The van der Waals surface area contributed by atoms with E-state index in [1.54, 1.807) is 0 Å². The van der Waals surface area contributed by atoms with Crippen molar-refractivity contribution in [1.29, 1.82) is 0 Å². The van der Waals surface area contributed by atoms with Crippen LogP contribution in [0.4, 0.5) is 0 Å². The molecule has 2 aromatic heterocycles. The Morgan fingerprint density at radius 2 is 1.89 bits per heavy atom. The first-order chi connectivity index (χ1) is 13.8. The molecule has 1 aliphatic heterocycles. The third kappa shape index (κ3) is 3.09. The van der Waals surface area contributed by atoms with Crippen LogP contribution in [0.25, 0.3) is 16.6 Å². The number of rotatable bonds is 4. The Hall–Kier alpha value is -3.34. The molecule has 140 valence electrons. The van der Waals surface area contributed by atoms with Gasteiger partial charge in [-0.1, -0.05) is 36.4 Å². The Morgan fingerprint density at radius 3 is 2.79 bits per heavy atom. The molecule has 0 atom stereocenters. The minimum atomic E-state index is 0.211. The molecule has 3 heterocycles. The Morgan fingerprint density at radius 1 is 1.07 bits per heavy atom. The highest BCUT2D eigenvalue weighted by Gasteiger charge is 2.23. The fourth-order valence-electron chi connectivity index (χ4n) is 4.00. The maximum absolute atomic E-state index is 12.8. The van der Waals surface area contributed by atoms with Crippen LogP contribution in [-0.2, 0) is 24.2 Å². The number of benzene rings is 2. The van der Waals surface area contributed by atoms with Crippen molar-refractivity contribution in [2.45, 2.75) is 25.8 Å². The smallest absolute Gasteiger partial charge is 0.223 e. The highest BCUT2D eigenvalue weighted by molar-refractivity contribution is 5.86. The summed E-state index contributed by atoms with van der Waals surface area (Å²) >= 11 is 0. The van der Waals surface area contributed by atoms with Crippen molar-refractivity contribution >= 4 is 16.8 Å². The first kappa shape index (κ1) is 16.8. The van der Waals surface area contributed by atoms with E-state index < -0.39 is 0 Å². The molecular formula is C23H22N4O. The van der Waals surface area contributed by atoms with Crippen molar-refractivity contribution in [3.8, 4) is 5.69 Å². The van der Waals surface area contributed by atoms with Gasteiger partial charge in [0.1, 0.15) is 0 Å². The van der Waals surface area contributed by atoms with Crippen LogP contribution in [0, 0.1) is 0 Å². The van der Waals surface area contributed by atoms with Gasteiger partial charge < -0.3 is 9.88 Å². The van der Waals surface area contributed by atoms with Crippen molar-refractivity contribution < 1.29 is 4.79 Å². The molecule has 0 saturated heterocycles. The Labute approximate surface area is 163 Å². The number of hydrogen-bond acceptors (Lipinski definition) is 2. The van der Waals surface area contributed by atoms with Crippen LogP contribution in [0.3, 0.4) is 0 Å². The summed E-state index contributed by atoms with van der Waals surface area (Å²) in [6, 6.07) is 18.4. The van der Waals surface area contributed by atoms with Gasteiger partial charge in [0, 0.05) is 54.3 Å². The molecule has 0 unspecified atom stereocenters. The third-order valence-corrected chi connectivity index (χ3v) is 5.52. The largest absolute Gasteiger partial charge is 0.358 e. The molecule has 5 nitrogen and oxygen atoms in total. The second-order valence-corrected chi connectivity index (χ2v) is 7.32. The van der Waals surface area contributed by atoms with Gasteiger partial charge in [-0.15, -0.1) is 0 Å². The number of H-pyrrole nitrogens is 1. The van der Waals surface area contributed by atoms with Crippen LogP contribution in [0.2, 0.25) is 0 Å². The van der Waals surface area contributed by atoms with Crippen LogP contribution in [0.15, 0.2) is 67.0 Å². The zero-order chi connectivity index (χ0) is 18.9. The molecule has 0 aliphatic carbocycles. The van der Waals surface area contributed by atoms with Crippen LogP contribution < -0.4 is 0 Å². The predicted molar refractivity (Wildman–Crippen MR) is 109 cm³/mol. The number of aryl methyl sites for hydroxylation is 1. The number of nitrogens with zero attached hydrogens (tertiary/aromatic N) is 3. The van der Waals surface area contributed by atoms with Crippen molar-refractivity contribution in [3.05, 3.63) is 83.8 Å². The standard InChI is InChI=1S/C23H22N4O/c28-23(11-10-17-14-24-27(15-17)18-6-2-1-3-7-18)26-13-12-22-20(16-26)19-8-4-5-9-21(19)25-22/h1-9,14-15,25H,10-13,16H2. The molecule has 0 fully saturated rings. The minimum Gasteiger partial charge on any atom is -0.358 e. The van der Waals surface area contributed by atoms with E-state index in [9.17, 15) is 4.79 Å². The number of carbonyl (C=O) groups excluding carboxylic acids is 1. The molecule has 0 saturated carbocycles. The van der Waals surface area contributed by atoms with Crippen LogP contribution >= 0.6 is 0 Å². The number of fused-ring (bicyclic) bond motifs is 3. The molecule has 0 radical (unpaired) electrons. The van der Waals surface area contributed by atoms with Crippen molar-refractivity contribution in [2.24, 2.45) is 0 Å². The van der Waals surface area contributed by atoms with Crippen LogP contribution in [-0.4, -0.2) is 32.1 Å². The quantitative estimate of drug-likeness (QED) is 0.593. The SMILES string of the molecule is O=C(CCc1cnn(-c2ccccc2)c1)N1CCc2[nH]c3ccccc3c2C1.